The monoisotopic (exact) mass is 374 g/mol. The molecule has 0 heterocycles. The Kier molecular flexibility index (Phi) is 4.45. The zero-order chi connectivity index (χ0) is 15.6. The normalized spacial score (nSPS) is 11.0. The number of hydrogen-bond acceptors (Lipinski definition) is 2. The fourth-order valence-electron chi connectivity index (χ4n) is 1.70. The van der Waals surface area contributed by atoms with Crippen molar-refractivity contribution in [3.8, 4) is 6.07 Å². The molecule has 0 aromatic heterocycles. The first-order valence-electron chi connectivity index (χ1n) is 5.64. The number of nitriles is 1. The van der Waals surface area contributed by atoms with Gasteiger partial charge in [-0.3, -0.25) is 0 Å². The minimum absolute atomic E-state index is 0.00823. The lowest BCUT2D eigenvalue weighted by Crippen LogP contribution is -2.08. The highest BCUT2D eigenvalue weighted by Gasteiger charge is 2.33. The predicted molar refractivity (Wildman–Crippen MR) is 78.6 cm³/mol. The van der Waals surface area contributed by atoms with Gasteiger partial charge < -0.3 is 5.32 Å². The Bertz CT molecular complexity index is 723. The first-order chi connectivity index (χ1) is 9.81. The zero-order valence-electron chi connectivity index (χ0n) is 10.3. The molecule has 2 nitrogen and oxygen atoms in total. The van der Waals surface area contributed by atoms with Crippen LogP contribution in [0.15, 0.2) is 40.9 Å². The molecule has 0 radical (unpaired) electrons. The molecular weight excluding hydrogens is 369 g/mol. The molecule has 0 atom stereocenters. The molecule has 0 bridgehead atoms. The van der Waals surface area contributed by atoms with Crippen molar-refractivity contribution in [3.63, 3.8) is 0 Å². The van der Waals surface area contributed by atoms with E-state index < -0.39 is 11.7 Å². The van der Waals surface area contributed by atoms with Crippen LogP contribution < -0.4 is 5.32 Å². The van der Waals surface area contributed by atoms with Crippen molar-refractivity contribution in [1.29, 1.82) is 5.26 Å². The first-order valence-corrected chi connectivity index (χ1v) is 6.82. The van der Waals surface area contributed by atoms with Gasteiger partial charge in [0, 0.05) is 15.2 Å². The predicted octanol–water partition coefficient (Wildman–Crippen LogP) is 5.74. The second kappa shape index (κ2) is 5.96. The van der Waals surface area contributed by atoms with Crippen molar-refractivity contribution < 1.29 is 13.2 Å². The number of anilines is 2. The highest BCUT2D eigenvalue weighted by atomic mass is 79.9. The van der Waals surface area contributed by atoms with Crippen molar-refractivity contribution >= 4 is 38.9 Å². The molecule has 2 aromatic rings. The van der Waals surface area contributed by atoms with E-state index in [-0.39, 0.29) is 10.7 Å². The number of hydrogen-bond donors (Lipinski definition) is 1. The highest BCUT2D eigenvalue weighted by molar-refractivity contribution is 9.10. The summed E-state index contributed by atoms with van der Waals surface area (Å²) in [6.07, 6.45) is -4.52. The van der Waals surface area contributed by atoms with Gasteiger partial charge >= 0.3 is 6.18 Å². The SMILES string of the molecule is N#Cc1ccc(Nc2ccc(Cl)cc2C(F)(F)F)cc1Br. The second-order valence-electron chi connectivity index (χ2n) is 4.12. The van der Waals surface area contributed by atoms with Crippen molar-refractivity contribution in [3.05, 3.63) is 57.0 Å². The standard InChI is InChI=1S/C14H7BrClF3N2/c15-12-6-10(3-1-8(12)7-20)21-13-4-2-9(16)5-11(13)14(17,18)19/h1-6,21H. The highest BCUT2D eigenvalue weighted by Crippen LogP contribution is 2.38. The van der Waals surface area contributed by atoms with Crippen LogP contribution >= 0.6 is 27.5 Å². The molecule has 2 rings (SSSR count). The Labute approximate surface area is 132 Å². The Hall–Kier alpha value is -1.71. The van der Waals surface area contributed by atoms with E-state index in [1.807, 2.05) is 6.07 Å². The lowest BCUT2D eigenvalue weighted by atomic mass is 10.1. The maximum absolute atomic E-state index is 13.0. The van der Waals surface area contributed by atoms with Crippen LogP contribution in [-0.2, 0) is 6.18 Å². The Morgan fingerprint density at radius 1 is 1.14 bits per heavy atom. The van der Waals surface area contributed by atoms with E-state index in [0.29, 0.717) is 15.7 Å². The molecule has 0 saturated heterocycles. The van der Waals surface area contributed by atoms with Crippen molar-refractivity contribution in [1.82, 2.24) is 0 Å². The summed E-state index contributed by atoms with van der Waals surface area (Å²) in [6.45, 7) is 0. The third-order valence-corrected chi connectivity index (χ3v) is 3.55. The number of alkyl halides is 3. The van der Waals surface area contributed by atoms with Gasteiger partial charge in [0.2, 0.25) is 0 Å². The molecule has 0 aliphatic carbocycles. The van der Waals surface area contributed by atoms with E-state index in [9.17, 15) is 13.2 Å². The van der Waals surface area contributed by atoms with Crippen molar-refractivity contribution in [2.24, 2.45) is 0 Å². The smallest absolute Gasteiger partial charge is 0.355 e. The molecule has 2 aromatic carbocycles. The maximum atomic E-state index is 13.0. The lowest BCUT2D eigenvalue weighted by Gasteiger charge is -2.15. The van der Waals surface area contributed by atoms with Crippen LogP contribution in [0.5, 0.6) is 0 Å². The van der Waals surface area contributed by atoms with Gasteiger partial charge in [-0.05, 0) is 52.3 Å². The minimum atomic E-state index is -4.52. The summed E-state index contributed by atoms with van der Waals surface area (Å²) >= 11 is 8.80. The van der Waals surface area contributed by atoms with Crippen LogP contribution in [0.3, 0.4) is 0 Å². The molecule has 0 aliphatic rings. The van der Waals surface area contributed by atoms with Gasteiger partial charge in [-0.25, -0.2) is 0 Å². The molecule has 7 heteroatoms. The number of rotatable bonds is 2. The van der Waals surface area contributed by atoms with E-state index in [1.165, 1.54) is 30.3 Å². The van der Waals surface area contributed by atoms with Gasteiger partial charge in [0.25, 0.3) is 0 Å². The molecule has 0 amide bonds. The molecule has 0 aliphatic heterocycles. The number of benzene rings is 2. The van der Waals surface area contributed by atoms with Gasteiger partial charge in [-0.2, -0.15) is 18.4 Å². The summed E-state index contributed by atoms with van der Waals surface area (Å²) in [5.74, 6) is 0. The minimum Gasteiger partial charge on any atom is -0.355 e. The maximum Gasteiger partial charge on any atom is 0.418 e. The van der Waals surface area contributed by atoms with E-state index in [2.05, 4.69) is 21.2 Å². The topological polar surface area (TPSA) is 35.8 Å². The van der Waals surface area contributed by atoms with Crippen molar-refractivity contribution in [2.75, 3.05) is 5.32 Å². The van der Waals surface area contributed by atoms with Crippen LogP contribution in [0, 0.1) is 11.3 Å². The molecule has 0 unspecified atom stereocenters. The van der Waals surface area contributed by atoms with E-state index in [1.54, 1.807) is 0 Å². The van der Waals surface area contributed by atoms with E-state index >= 15 is 0 Å². The summed E-state index contributed by atoms with van der Waals surface area (Å²) in [7, 11) is 0. The van der Waals surface area contributed by atoms with Crippen LogP contribution in [0.2, 0.25) is 5.02 Å². The summed E-state index contributed by atoms with van der Waals surface area (Å²) in [5, 5.41) is 11.5. The van der Waals surface area contributed by atoms with Crippen LogP contribution in [0.1, 0.15) is 11.1 Å². The molecule has 0 fully saturated rings. The zero-order valence-corrected chi connectivity index (χ0v) is 12.6. The van der Waals surface area contributed by atoms with E-state index in [4.69, 9.17) is 16.9 Å². The molecule has 1 N–H and O–H groups in total. The van der Waals surface area contributed by atoms with Crippen molar-refractivity contribution in [2.45, 2.75) is 6.18 Å². The van der Waals surface area contributed by atoms with Gasteiger partial charge in [-0.1, -0.05) is 11.6 Å². The van der Waals surface area contributed by atoms with Crippen LogP contribution in [-0.4, -0.2) is 0 Å². The van der Waals surface area contributed by atoms with Gasteiger partial charge in [0.15, 0.2) is 0 Å². The molecule has 0 saturated carbocycles. The summed E-state index contributed by atoms with van der Waals surface area (Å²) in [6, 6.07) is 10.0. The second-order valence-corrected chi connectivity index (χ2v) is 5.41. The number of nitrogens with one attached hydrogen (secondary N) is 1. The van der Waals surface area contributed by atoms with Gasteiger partial charge in [0.1, 0.15) is 6.07 Å². The largest absolute Gasteiger partial charge is 0.418 e. The van der Waals surface area contributed by atoms with Gasteiger partial charge in [-0.15, -0.1) is 0 Å². The molecular formula is C14H7BrClF3N2. The average molecular weight is 376 g/mol. The summed E-state index contributed by atoms with van der Waals surface area (Å²) in [5.41, 5.74) is -0.139. The first kappa shape index (κ1) is 15.7. The lowest BCUT2D eigenvalue weighted by molar-refractivity contribution is -0.136. The summed E-state index contributed by atoms with van der Waals surface area (Å²) < 4.78 is 39.4. The van der Waals surface area contributed by atoms with Crippen LogP contribution in [0.4, 0.5) is 24.5 Å². The average Bonchev–Trinajstić information content (AvgIpc) is 2.40. The molecule has 21 heavy (non-hydrogen) atoms. The third kappa shape index (κ3) is 3.69. The van der Waals surface area contributed by atoms with Crippen LogP contribution in [0.25, 0.3) is 0 Å². The number of nitrogens with zero attached hydrogens (tertiary/aromatic N) is 1. The van der Waals surface area contributed by atoms with E-state index in [0.717, 1.165) is 6.07 Å². The quantitative estimate of drug-likeness (QED) is 0.727. The summed E-state index contributed by atoms with van der Waals surface area (Å²) in [4.78, 5) is 0. The molecule has 0 spiro atoms. The Morgan fingerprint density at radius 3 is 2.43 bits per heavy atom. The molecule has 108 valence electrons. The number of halogens is 5. The Morgan fingerprint density at radius 2 is 1.86 bits per heavy atom. The fraction of sp³-hybridized carbons (Fsp3) is 0.0714. The van der Waals surface area contributed by atoms with Gasteiger partial charge in [0.05, 0.1) is 16.8 Å². The third-order valence-electron chi connectivity index (χ3n) is 2.66. The Balaban J connectivity index is 2.41. The fourth-order valence-corrected chi connectivity index (χ4v) is 2.34.